The minimum Gasteiger partial charge on any atom is -0.482 e. The van der Waals surface area contributed by atoms with E-state index < -0.39 is 0 Å². The number of nitrogens with one attached hydrogen (secondary N) is 1. The van der Waals surface area contributed by atoms with Crippen LogP contribution in [0.1, 0.15) is 73.2 Å². The van der Waals surface area contributed by atoms with Gasteiger partial charge in [0, 0.05) is 11.9 Å². The average molecular weight is 538 g/mol. The highest BCUT2D eigenvalue weighted by Crippen LogP contribution is 2.44. The van der Waals surface area contributed by atoms with Crippen LogP contribution in [0, 0.1) is 36.5 Å². The first-order valence-electron chi connectivity index (χ1n) is 12.6. The average Bonchev–Trinajstić information content (AvgIpc) is 3.37. The number of aromatic nitrogens is 3. The summed E-state index contributed by atoms with van der Waals surface area (Å²) in [6, 6.07) is 8.42. The summed E-state index contributed by atoms with van der Waals surface area (Å²) in [4.78, 5) is 14.1. The van der Waals surface area contributed by atoms with Crippen molar-refractivity contribution in [3.8, 4) is 11.8 Å². The van der Waals surface area contributed by atoms with Gasteiger partial charge in [-0.1, -0.05) is 50.2 Å². The Hall–Kier alpha value is -2.83. The number of carbonyl (C=O) groups is 1. The lowest BCUT2D eigenvalue weighted by atomic mass is 9.72. The van der Waals surface area contributed by atoms with Gasteiger partial charge in [0.2, 0.25) is 5.91 Å². The number of benzene rings is 1. The maximum absolute atomic E-state index is 12.8. The molecule has 0 bridgehead atoms. The van der Waals surface area contributed by atoms with Gasteiger partial charge in [0.05, 0.1) is 11.3 Å². The lowest BCUT2D eigenvalue weighted by Gasteiger charge is -2.33. The van der Waals surface area contributed by atoms with Crippen LogP contribution in [0.15, 0.2) is 23.4 Å². The van der Waals surface area contributed by atoms with Gasteiger partial charge < -0.3 is 14.6 Å². The molecule has 2 atom stereocenters. The Morgan fingerprint density at radius 1 is 1.35 bits per heavy atom. The molecule has 1 aromatic carbocycles. The number of amides is 1. The Labute approximate surface area is 227 Å². The van der Waals surface area contributed by atoms with Gasteiger partial charge in [-0.15, -0.1) is 21.5 Å². The molecule has 196 valence electrons. The van der Waals surface area contributed by atoms with Gasteiger partial charge >= 0.3 is 0 Å². The fraction of sp³-hybridized carbons (Fsp3) is 0.500. The van der Waals surface area contributed by atoms with E-state index >= 15 is 0 Å². The van der Waals surface area contributed by atoms with Crippen molar-refractivity contribution < 1.29 is 9.53 Å². The van der Waals surface area contributed by atoms with Gasteiger partial charge in [-0.2, -0.15) is 5.26 Å². The van der Waals surface area contributed by atoms with Crippen LogP contribution in [0.4, 0.5) is 5.00 Å². The quantitative estimate of drug-likeness (QED) is 0.351. The summed E-state index contributed by atoms with van der Waals surface area (Å²) in [5, 5.41) is 22.7. The molecule has 0 fully saturated rings. The van der Waals surface area contributed by atoms with E-state index in [-0.39, 0.29) is 23.2 Å². The molecule has 2 unspecified atom stereocenters. The first-order chi connectivity index (χ1) is 17.5. The Morgan fingerprint density at radius 3 is 2.78 bits per heavy atom. The summed E-state index contributed by atoms with van der Waals surface area (Å²) >= 11 is 2.88. The molecule has 1 aliphatic carbocycles. The molecule has 0 saturated carbocycles. The molecule has 0 saturated heterocycles. The van der Waals surface area contributed by atoms with Crippen LogP contribution in [0.25, 0.3) is 0 Å². The van der Waals surface area contributed by atoms with E-state index in [0.717, 1.165) is 36.1 Å². The number of aryl methyl sites for hydroxylation is 2. The summed E-state index contributed by atoms with van der Waals surface area (Å²) in [6.45, 7) is 12.8. The largest absolute Gasteiger partial charge is 0.482 e. The topological polar surface area (TPSA) is 92.8 Å². The molecule has 1 aliphatic rings. The smallest absolute Gasteiger partial charge is 0.235 e. The number of anilines is 1. The second-order valence-corrected chi connectivity index (χ2v) is 12.9. The van der Waals surface area contributed by atoms with Crippen molar-refractivity contribution in [1.29, 1.82) is 5.26 Å². The highest BCUT2D eigenvalue weighted by Gasteiger charge is 2.32. The molecule has 1 amide bonds. The SMILES string of the molecule is Cc1ccc(OC(C)c2nnc(SCC(=O)Nc3sc4c(c3C#N)CCC(C(C)(C)C)C4)n2C)c(C)c1. The Morgan fingerprint density at radius 2 is 2.11 bits per heavy atom. The van der Waals surface area contributed by atoms with Crippen molar-refractivity contribution in [3.05, 3.63) is 51.2 Å². The molecule has 1 N–H and O–H groups in total. The summed E-state index contributed by atoms with van der Waals surface area (Å²) in [5.41, 5.74) is 4.23. The van der Waals surface area contributed by atoms with E-state index in [2.05, 4.69) is 55.3 Å². The van der Waals surface area contributed by atoms with E-state index in [1.807, 2.05) is 37.6 Å². The van der Waals surface area contributed by atoms with Gasteiger partial charge in [-0.3, -0.25) is 4.79 Å². The normalized spacial score (nSPS) is 16.1. The van der Waals surface area contributed by atoms with Crippen molar-refractivity contribution >= 4 is 34.0 Å². The highest BCUT2D eigenvalue weighted by molar-refractivity contribution is 7.99. The van der Waals surface area contributed by atoms with E-state index in [4.69, 9.17) is 4.74 Å². The standard InChI is InChI=1S/C28H35N5O2S2/c1-16-8-11-22(17(2)12-16)35-18(3)25-31-32-27(33(25)7)36-15-24(34)30-26-21(14-29)20-10-9-19(28(4,5)6)13-23(20)37-26/h8,11-12,18-19H,9-10,13,15H2,1-7H3,(H,30,34). The minimum atomic E-state index is -0.297. The number of nitrogens with zero attached hydrogens (tertiary/aromatic N) is 4. The third kappa shape index (κ3) is 6.02. The molecule has 9 heteroatoms. The van der Waals surface area contributed by atoms with Crippen LogP contribution in [-0.4, -0.2) is 26.4 Å². The maximum Gasteiger partial charge on any atom is 0.235 e. The number of hydrogen-bond donors (Lipinski definition) is 1. The fourth-order valence-electron chi connectivity index (χ4n) is 4.80. The van der Waals surface area contributed by atoms with E-state index in [0.29, 0.717) is 27.5 Å². The van der Waals surface area contributed by atoms with Crippen molar-refractivity contribution in [2.24, 2.45) is 18.4 Å². The second kappa shape index (κ2) is 10.9. The predicted octanol–water partition coefficient (Wildman–Crippen LogP) is 6.39. The molecule has 2 heterocycles. The number of hydrogen-bond acceptors (Lipinski definition) is 7. The first kappa shape index (κ1) is 27.2. The van der Waals surface area contributed by atoms with Crippen molar-refractivity contribution in [2.75, 3.05) is 11.1 Å². The molecule has 37 heavy (non-hydrogen) atoms. The molecule has 0 spiro atoms. The number of fused-ring (bicyclic) bond motifs is 1. The summed E-state index contributed by atoms with van der Waals surface area (Å²) in [5.74, 6) is 2.10. The van der Waals surface area contributed by atoms with Crippen LogP contribution in [0.3, 0.4) is 0 Å². The van der Waals surface area contributed by atoms with Crippen LogP contribution >= 0.6 is 23.1 Å². The van der Waals surface area contributed by atoms with Crippen LogP contribution in [-0.2, 0) is 24.7 Å². The number of thiophene rings is 1. The Balaban J connectivity index is 1.39. The number of thioether (sulfide) groups is 1. The zero-order chi connectivity index (χ0) is 26.9. The second-order valence-electron chi connectivity index (χ2n) is 10.9. The summed E-state index contributed by atoms with van der Waals surface area (Å²) in [7, 11) is 1.88. The number of carbonyl (C=O) groups excluding carboxylic acids is 1. The Kier molecular flexibility index (Phi) is 8.00. The van der Waals surface area contributed by atoms with E-state index in [9.17, 15) is 10.1 Å². The highest BCUT2D eigenvalue weighted by atomic mass is 32.2. The lowest BCUT2D eigenvalue weighted by Crippen LogP contribution is -2.26. The predicted molar refractivity (Wildman–Crippen MR) is 149 cm³/mol. The monoisotopic (exact) mass is 537 g/mol. The summed E-state index contributed by atoms with van der Waals surface area (Å²) in [6.07, 6.45) is 2.64. The fourth-order valence-corrected chi connectivity index (χ4v) is 6.82. The van der Waals surface area contributed by atoms with Gasteiger partial charge in [0.25, 0.3) is 0 Å². The van der Waals surface area contributed by atoms with Gasteiger partial charge in [-0.25, -0.2) is 0 Å². The first-order valence-corrected chi connectivity index (χ1v) is 14.4. The molecular formula is C28H35N5O2S2. The molecule has 3 aromatic rings. The molecule has 0 aliphatic heterocycles. The van der Waals surface area contributed by atoms with Crippen molar-refractivity contribution in [3.63, 3.8) is 0 Å². The van der Waals surface area contributed by atoms with Crippen molar-refractivity contribution in [2.45, 2.75) is 72.1 Å². The maximum atomic E-state index is 12.8. The molecular weight excluding hydrogens is 502 g/mol. The molecule has 0 radical (unpaired) electrons. The van der Waals surface area contributed by atoms with Crippen LogP contribution < -0.4 is 10.1 Å². The Bertz CT molecular complexity index is 1350. The van der Waals surface area contributed by atoms with Gasteiger partial charge in [-0.05, 0) is 68.6 Å². The molecule has 4 rings (SSSR count). The molecule has 2 aromatic heterocycles. The molecule has 7 nitrogen and oxygen atoms in total. The zero-order valence-corrected chi connectivity index (χ0v) is 24.3. The minimum absolute atomic E-state index is 0.156. The van der Waals surface area contributed by atoms with Crippen LogP contribution in [0.2, 0.25) is 0 Å². The zero-order valence-electron chi connectivity index (χ0n) is 22.6. The number of ether oxygens (including phenoxy) is 1. The van der Waals surface area contributed by atoms with Crippen molar-refractivity contribution in [1.82, 2.24) is 14.8 Å². The number of nitriles is 1. The van der Waals surface area contributed by atoms with Crippen LogP contribution in [0.5, 0.6) is 5.75 Å². The van der Waals surface area contributed by atoms with E-state index in [1.54, 1.807) is 11.3 Å². The van der Waals surface area contributed by atoms with Gasteiger partial charge in [0.1, 0.15) is 16.8 Å². The summed E-state index contributed by atoms with van der Waals surface area (Å²) < 4.78 is 8.00. The van der Waals surface area contributed by atoms with E-state index in [1.165, 1.54) is 22.2 Å². The van der Waals surface area contributed by atoms with Gasteiger partial charge in [0.15, 0.2) is 17.1 Å². The lowest BCUT2D eigenvalue weighted by molar-refractivity contribution is -0.113. The third-order valence-electron chi connectivity index (χ3n) is 7.05. The number of rotatable bonds is 7. The third-order valence-corrected chi connectivity index (χ3v) is 9.24.